The molecule has 2 aromatic heterocycles. The number of nitrogens with one attached hydrogen (secondary N) is 1. The Bertz CT molecular complexity index is 769. The zero-order chi connectivity index (χ0) is 13.5. The summed E-state index contributed by atoms with van der Waals surface area (Å²) in [4.78, 5) is 5.66. The first kappa shape index (κ1) is 12.0. The highest BCUT2D eigenvalue weighted by atomic mass is 32.1. The van der Waals surface area contributed by atoms with Gasteiger partial charge in [-0.15, -0.1) is 11.3 Å². The molecule has 0 saturated heterocycles. The first-order valence-corrected chi connectivity index (χ1v) is 7.96. The van der Waals surface area contributed by atoms with Crippen LogP contribution in [-0.4, -0.2) is 9.38 Å². The van der Waals surface area contributed by atoms with E-state index in [9.17, 15) is 0 Å². The number of hydrogen-bond donors (Lipinski definition) is 1. The van der Waals surface area contributed by atoms with E-state index in [4.69, 9.17) is 0 Å². The topological polar surface area (TPSA) is 29.3 Å². The van der Waals surface area contributed by atoms with Crippen molar-refractivity contribution >= 4 is 22.0 Å². The molecule has 20 heavy (non-hydrogen) atoms. The van der Waals surface area contributed by atoms with Crippen molar-refractivity contribution < 1.29 is 0 Å². The Morgan fingerprint density at radius 3 is 3.15 bits per heavy atom. The van der Waals surface area contributed by atoms with Crippen molar-refractivity contribution in [1.29, 1.82) is 0 Å². The number of aryl methyl sites for hydroxylation is 3. The maximum Gasteiger partial charge on any atom is 0.194 e. The first-order chi connectivity index (χ1) is 9.81. The van der Waals surface area contributed by atoms with Gasteiger partial charge in [0.25, 0.3) is 0 Å². The van der Waals surface area contributed by atoms with E-state index >= 15 is 0 Å². The minimum atomic E-state index is 0.822. The van der Waals surface area contributed by atoms with Crippen LogP contribution in [0, 0.1) is 6.92 Å². The summed E-state index contributed by atoms with van der Waals surface area (Å²) in [5.41, 5.74) is 6.62. The molecule has 4 rings (SSSR count). The summed E-state index contributed by atoms with van der Waals surface area (Å²) in [6.45, 7) is 2.90. The largest absolute Gasteiger partial charge is 0.379 e. The Morgan fingerprint density at radius 2 is 2.20 bits per heavy atom. The SMILES string of the molecule is Cc1nc2sccn2c1CNc1ccc2c(c1)CCC2. The summed E-state index contributed by atoms with van der Waals surface area (Å²) in [7, 11) is 0. The molecule has 1 aliphatic carbocycles. The second kappa shape index (κ2) is 4.63. The molecular weight excluding hydrogens is 266 g/mol. The summed E-state index contributed by atoms with van der Waals surface area (Å²) in [5, 5.41) is 5.63. The number of fused-ring (bicyclic) bond motifs is 2. The van der Waals surface area contributed by atoms with Crippen molar-refractivity contribution in [1.82, 2.24) is 9.38 Å². The van der Waals surface area contributed by atoms with E-state index in [0.717, 1.165) is 17.2 Å². The molecule has 2 heterocycles. The fourth-order valence-electron chi connectivity index (χ4n) is 3.02. The van der Waals surface area contributed by atoms with Crippen LogP contribution in [0.5, 0.6) is 0 Å². The number of thiazole rings is 1. The number of hydrogen-bond acceptors (Lipinski definition) is 3. The molecule has 0 unspecified atom stereocenters. The van der Waals surface area contributed by atoms with Crippen molar-refractivity contribution in [2.24, 2.45) is 0 Å². The number of aromatic nitrogens is 2. The second-order valence-electron chi connectivity index (χ2n) is 5.39. The van der Waals surface area contributed by atoms with Gasteiger partial charge in [-0.2, -0.15) is 0 Å². The van der Waals surface area contributed by atoms with Gasteiger partial charge >= 0.3 is 0 Å². The molecule has 0 amide bonds. The third kappa shape index (κ3) is 1.91. The molecule has 0 radical (unpaired) electrons. The molecule has 0 fully saturated rings. The van der Waals surface area contributed by atoms with Gasteiger partial charge in [0.15, 0.2) is 4.96 Å². The molecule has 0 aliphatic heterocycles. The van der Waals surface area contributed by atoms with Crippen molar-refractivity contribution in [3.63, 3.8) is 0 Å². The zero-order valence-electron chi connectivity index (χ0n) is 11.5. The zero-order valence-corrected chi connectivity index (χ0v) is 12.3. The minimum absolute atomic E-state index is 0.822. The van der Waals surface area contributed by atoms with Gasteiger partial charge in [-0.05, 0) is 49.4 Å². The average molecular weight is 283 g/mol. The van der Waals surface area contributed by atoms with Crippen LogP contribution >= 0.6 is 11.3 Å². The van der Waals surface area contributed by atoms with E-state index in [1.165, 1.54) is 41.8 Å². The number of nitrogens with zero attached hydrogens (tertiary/aromatic N) is 2. The fourth-order valence-corrected chi connectivity index (χ4v) is 3.80. The van der Waals surface area contributed by atoms with E-state index in [0.29, 0.717) is 0 Å². The third-order valence-electron chi connectivity index (χ3n) is 4.12. The maximum absolute atomic E-state index is 4.58. The Morgan fingerprint density at radius 1 is 1.30 bits per heavy atom. The lowest BCUT2D eigenvalue weighted by molar-refractivity contribution is 0.911. The monoisotopic (exact) mass is 283 g/mol. The maximum atomic E-state index is 4.58. The van der Waals surface area contributed by atoms with Crippen LogP contribution in [0.4, 0.5) is 5.69 Å². The highest BCUT2D eigenvalue weighted by Gasteiger charge is 2.12. The normalized spacial score (nSPS) is 13.8. The van der Waals surface area contributed by atoms with Crippen LogP contribution in [0.25, 0.3) is 4.96 Å². The molecule has 3 aromatic rings. The summed E-state index contributed by atoms with van der Waals surface area (Å²) in [6, 6.07) is 6.78. The van der Waals surface area contributed by atoms with Crippen molar-refractivity contribution in [2.75, 3.05) is 5.32 Å². The quantitative estimate of drug-likeness (QED) is 0.792. The number of anilines is 1. The van der Waals surface area contributed by atoms with E-state index in [1.807, 2.05) is 0 Å². The van der Waals surface area contributed by atoms with Crippen LogP contribution in [0.2, 0.25) is 0 Å². The molecule has 3 nitrogen and oxygen atoms in total. The Balaban J connectivity index is 1.58. The molecular formula is C16H17N3S. The van der Waals surface area contributed by atoms with E-state index in [-0.39, 0.29) is 0 Å². The molecule has 0 spiro atoms. The smallest absolute Gasteiger partial charge is 0.194 e. The van der Waals surface area contributed by atoms with Gasteiger partial charge in [-0.3, -0.25) is 4.40 Å². The third-order valence-corrected chi connectivity index (χ3v) is 4.88. The van der Waals surface area contributed by atoms with Crippen molar-refractivity contribution in [3.05, 3.63) is 52.3 Å². The molecule has 1 N–H and O–H groups in total. The Labute approximate surface area is 122 Å². The summed E-state index contributed by atoms with van der Waals surface area (Å²) >= 11 is 1.68. The van der Waals surface area contributed by atoms with E-state index in [2.05, 4.69) is 51.4 Å². The van der Waals surface area contributed by atoms with Gasteiger partial charge in [-0.1, -0.05) is 6.07 Å². The first-order valence-electron chi connectivity index (χ1n) is 7.08. The molecule has 4 heteroatoms. The minimum Gasteiger partial charge on any atom is -0.379 e. The van der Waals surface area contributed by atoms with Crippen LogP contribution in [0.3, 0.4) is 0 Å². The highest BCUT2D eigenvalue weighted by Crippen LogP contribution is 2.25. The van der Waals surface area contributed by atoms with Crippen LogP contribution < -0.4 is 5.32 Å². The second-order valence-corrected chi connectivity index (χ2v) is 6.26. The lowest BCUT2D eigenvalue weighted by Gasteiger charge is -2.08. The molecule has 0 bridgehead atoms. The van der Waals surface area contributed by atoms with Gasteiger partial charge in [0, 0.05) is 17.3 Å². The predicted octanol–water partition coefficient (Wildman–Crippen LogP) is 3.81. The lowest BCUT2D eigenvalue weighted by atomic mass is 10.1. The highest BCUT2D eigenvalue weighted by molar-refractivity contribution is 7.15. The number of rotatable bonds is 3. The van der Waals surface area contributed by atoms with Gasteiger partial charge < -0.3 is 5.32 Å². The van der Waals surface area contributed by atoms with Gasteiger partial charge in [0.1, 0.15) is 0 Å². The van der Waals surface area contributed by atoms with Crippen molar-refractivity contribution in [3.8, 4) is 0 Å². The molecule has 0 saturated carbocycles. The summed E-state index contributed by atoms with van der Waals surface area (Å²) in [5.74, 6) is 0. The standard InChI is InChI=1S/C16H17N3S/c1-11-15(19-7-8-20-16(19)18-11)10-17-14-6-5-12-3-2-4-13(12)9-14/h5-9,17H,2-4,10H2,1H3. The molecule has 0 atom stereocenters. The van der Waals surface area contributed by atoms with Crippen LogP contribution in [0.15, 0.2) is 29.8 Å². The fraction of sp³-hybridized carbons (Fsp3) is 0.312. The number of benzene rings is 1. The van der Waals surface area contributed by atoms with E-state index in [1.54, 1.807) is 11.3 Å². The van der Waals surface area contributed by atoms with Crippen LogP contribution in [-0.2, 0) is 19.4 Å². The number of imidazole rings is 1. The molecule has 1 aromatic carbocycles. The van der Waals surface area contributed by atoms with Crippen LogP contribution in [0.1, 0.15) is 28.9 Å². The van der Waals surface area contributed by atoms with E-state index < -0.39 is 0 Å². The van der Waals surface area contributed by atoms with Gasteiger partial charge in [0.2, 0.25) is 0 Å². The molecule has 1 aliphatic rings. The molecule has 102 valence electrons. The lowest BCUT2D eigenvalue weighted by Crippen LogP contribution is -2.03. The average Bonchev–Trinajstić information content (AvgIpc) is 3.12. The summed E-state index contributed by atoms with van der Waals surface area (Å²) in [6.07, 6.45) is 5.87. The Kier molecular flexibility index (Phi) is 2.77. The van der Waals surface area contributed by atoms with Gasteiger partial charge in [-0.25, -0.2) is 4.98 Å². The summed E-state index contributed by atoms with van der Waals surface area (Å²) < 4.78 is 2.18. The Hall–Kier alpha value is -1.81. The van der Waals surface area contributed by atoms with Gasteiger partial charge in [0.05, 0.1) is 17.9 Å². The van der Waals surface area contributed by atoms with Crippen molar-refractivity contribution in [2.45, 2.75) is 32.7 Å². The predicted molar refractivity (Wildman–Crippen MR) is 83.6 cm³/mol.